The molecule has 0 bridgehead atoms. The summed E-state index contributed by atoms with van der Waals surface area (Å²) in [5.41, 5.74) is 0.974. The molecule has 0 atom stereocenters. The van der Waals surface area contributed by atoms with Crippen molar-refractivity contribution in [3.8, 4) is 5.88 Å². The van der Waals surface area contributed by atoms with Crippen molar-refractivity contribution < 1.29 is 13.2 Å². The van der Waals surface area contributed by atoms with Gasteiger partial charge in [0, 0.05) is 18.9 Å². The third kappa shape index (κ3) is 3.71. The Balaban J connectivity index is 2.04. The van der Waals surface area contributed by atoms with Crippen LogP contribution in [-0.4, -0.2) is 26.8 Å². The van der Waals surface area contributed by atoms with Crippen LogP contribution in [0.5, 0.6) is 5.88 Å². The van der Waals surface area contributed by atoms with E-state index < -0.39 is 9.84 Å². The van der Waals surface area contributed by atoms with E-state index in [1.54, 1.807) is 37.4 Å². The predicted molar refractivity (Wildman–Crippen MR) is 77.7 cm³/mol. The molecule has 0 spiro atoms. The third-order valence-corrected chi connectivity index (χ3v) is 3.89. The lowest BCUT2D eigenvalue weighted by Gasteiger charge is -2.07. The van der Waals surface area contributed by atoms with Crippen molar-refractivity contribution in [2.45, 2.75) is 11.4 Å². The normalized spacial score (nSPS) is 11.1. The number of nitrogens with zero attached hydrogens (tertiary/aromatic N) is 1. The first-order chi connectivity index (χ1) is 9.49. The molecule has 20 heavy (non-hydrogen) atoms. The van der Waals surface area contributed by atoms with E-state index in [1.165, 1.54) is 6.26 Å². The molecule has 0 saturated carbocycles. The van der Waals surface area contributed by atoms with Crippen molar-refractivity contribution >= 4 is 15.7 Å². The molecule has 5 nitrogen and oxygen atoms in total. The van der Waals surface area contributed by atoms with Crippen LogP contribution in [0.1, 0.15) is 5.56 Å². The summed E-state index contributed by atoms with van der Waals surface area (Å²) in [6.45, 7) is 0.560. The Morgan fingerprint density at radius 1 is 1.15 bits per heavy atom. The van der Waals surface area contributed by atoms with Gasteiger partial charge in [0.25, 0.3) is 0 Å². The van der Waals surface area contributed by atoms with Gasteiger partial charge < -0.3 is 10.1 Å². The fourth-order valence-electron chi connectivity index (χ4n) is 1.67. The summed E-state index contributed by atoms with van der Waals surface area (Å²) < 4.78 is 27.8. The number of sulfone groups is 1. The molecule has 1 heterocycles. The van der Waals surface area contributed by atoms with E-state index in [1.807, 2.05) is 12.1 Å². The molecule has 0 aliphatic rings. The second kappa shape index (κ2) is 5.92. The third-order valence-electron chi connectivity index (χ3n) is 2.76. The predicted octanol–water partition coefficient (Wildman–Crippen LogP) is 2.11. The average molecular weight is 292 g/mol. The molecule has 0 aliphatic heterocycles. The highest BCUT2D eigenvalue weighted by Crippen LogP contribution is 2.14. The highest BCUT2D eigenvalue weighted by molar-refractivity contribution is 7.90. The number of hydrogen-bond acceptors (Lipinski definition) is 5. The lowest BCUT2D eigenvalue weighted by Crippen LogP contribution is -2.03. The van der Waals surface area contributed by atoms with E-state index in [-0.39, 0.29) is 0 Å². The summed E-state index contributed by atoms with van der Waals surface area (Å²) in [7, 11) is -1.58. The van der Waals surface area contributed by atoms with Gasteiger partial charge in [0.1, 0.15) is 5.82 Å². The van der Waals surface area contributed by atoms with Crippen molar-refractivity contribution in [2.75, 3.05) is 18.7 Å². The van der Waals surface area contributed by atoms with Gasteiger partial charge in [-0.3, -0.25) is 0 Å². The summed E-state index contributed by atoms with van der Waals surface area (Å²) in [5.74, 6) is 1.25. The van der Waals surface area contributed by atoms with Gasteiger partial charge in [-0.05, 0) is 23.8 Å². The van der Waals surface area contributed by atoms with Gasteiger partial charge in [0.2, 0.25) is 5.88 Å². The van der Waals surface area contributed by atoms with E-state index in [0.717, 1.165) is 5.56 Å². The van der Waals surface area contributed by atoms with Crippen molar-refractivity contribution in [3.05, 3.63) is 48.0 Å². The highest BCUT2D eigenvalue weighted by Gasteiger charge is 2.06. The zero-order valence-corrected chi connectivity index (χ0v) is 12.1. The zero-order chi connectivity index (χ0) is 14.6. The number of hydrogen-bond donors (Lipinski definition) is 1. The van der Waals surface area contributed by atoms with Gasteiger partial charge in [-0.1, -0.05) is 18.2 Å². The van der Waals surface area contributed by atoms with Crippen LogP contribution >= 0.6 is 0 Å². The lowest BCUT2D eigenvalue weighted by molar-refractivity contribution is 0.398. The molecule has 0 aliphatic carbocycles. The molecule has 0 unspecified atom stereocenters. The van der Waals surface area contributed by atoms with Crippen LogP contribution in [0.15, 0.2) is 47.4 Å². The van der Waals surface area contributed by atoms with Gasteiger partial charge in [0.05, 0.1) is 12.0 Å². The van der Waals surface area contributed by atoms with Gasteiger partial charge >= 0.3 is 0 Å². The zero-order valence-electron chi connectivity index (χ0n) is 11.3. The first kappa shape index (κ1) is 14.3. The lowest BCUT2D eigenvalue weighted by atomic mass is 10.2. The van der Waals surface area contributed by atoms with Gasteiger partial charge in [0.15, 0.2) is 9.84 Å². The number of pyridine rings is 1. The van der Waals surface area contributed by atoms with Crippen LogP contribution in [0.2, 0.25) is 0 Å². The van der Waals surface area contributed by atoms with Gasteiger partial charge in [-0.2, -0.15) is 4.98 Å². The van der Waals surface area contributed by atoms with Crippen molar-refractivity contribution in [1.29, 1.82) is 0 Å². The van der Waals surface area contributed by atoms with Gasteiger partial charge in [-0.15, -0.1) is 0 Å². The molecule has 0 amide bonds. The van der Waals surface area contributed by atoms with Crippen LogP contribution in [0.4, 0.5) is 5.82 Å². The Kier molecular flexibility index (Phi) is 4.24. The second-order valence-corrected chi connectivity index (χ2v) is 6.35. The quantitative estimate of drug-likeness (QED) is 0.914. The number of benzene rings is 1. The van der Waals surface area contributed by atoms with Crippen LogP contribution in [0.25, 0.3) is 0 Å². The minimum absolute atomic E-state index is 0.320. The highest BCUT2D eigenvalue weighted by atomic mass is 32.2. The largest absolute Gasteiger partial charge is 0.481 e. The molecule has 0 saturated heterocycles. The maximum atomic E-state index is 11.4. The van der Waals surface area contributed by atoms with Crippen molar-refractivity contribution in [2.24, 2.45) is 0 Å². The van der Waals surface area contributed by atoms with E-state index in [0.29, 0.717) is 23.1 Å². The standard InChI is InChI=1S/C14H16N2O3S/c1-19-14-5-3-4-13(16-14)15-10-11-6-8-12(9-7-11)20(2,17)18/h3-9H,10H2,1-2H3,(H,15,16). The second-order valence-electron chi connectivity index (χ2n) is 4.33. The Labute approximate surface area is 118 Å². The first-order valence-corrected chi connectivity index (χ1v) is 7.92. The van der Waals surface area contributed by atoms with Crippen molar-refractivity contribution in [1.82, 2.24) is 4.98 Å². The number of nitrogens with one attached hydrogen (secondary N) is 1. The van der Waals surface area contributed by atoms with E-state index >= 15 is 0 Å². The van der Waals surface area contributed by atoms with E-state index in [4.69, 9.17) is 4.74 Å². The Hall–Kier alpha value is -2.08. The van der Waals surface area contributed by atoms with Crippen molar-refractivity contribution in [3.63, 3.8) is 0 Å². The SMILES string of the molecule is COc1cccc(NCc2ccc(S(C)(=O)=O)cc2)n1. The Bertz CT molecular complexity index is 682. The summed E-state index contributed by atoms with van der Waals surface area (Å²) in [6, 6.07) is 12.2. The minimum Gasteiger partial charge on any atom is -0.481 e. The van der Waals surface area contributed by atoms with E-state index in [2.05, 4.69) is 10.3 Å². The average Bonchev–Trinajstić information content (AvgIpc) is 2.45. The van der Waals surface area contributed by atoms with E-state index in [9.17, 15) is 8.42 Å². The van der Waals surface area contributed by atoms with Crippen LogP contribution in [-0.2, 0) is 16.4 Å². The molecule has 1 aromatic heterocycles. The molecule has 0 radical (unpaired) electrons. The number of rotatable bonds is 5. The fourth-order valence-corrected chi connectivity index (χ4v) is 2.30. The first-order valence-electron chi connectivity index (χ1n) is 6.03. The minimum atomic E-state index is -3.14. The number of anilines is 1. The number of aromatic nitrogens is 1. The number of methoxy groups -OCH3 is 1. The maximum absolute atomic E-state index is 11.4. The van der Waals surface area contributed by atoms with Gasteiger partial charge in [-0.25, -0.2) is 8.42 Å². The molecule has 2 aromatic rings. The molecule has 6 heteroatoms. The Morgan fingerprint density at radius 2 is 1.85 bits per heavy atom. The molecule has 0 fully saturated rings. The molecular weight excluding hydrogens is 276 g/mol. The Morgan fingerprint density at radius 3 is 2.45 bits per heavy atom. The van der Waals surface area contributed by atoms with Crippen LogP contribution in [0, 0.1) is 0 Å². The maximum Gasteiger partial charge on any atom is 0.214 e. The van der Waals surface area contributed by atoms with Crippen LogP contribution < -0.4 is 10.1 Å². The molecular formula is C14H16N2O3S. The number of ether oxygens (including phenoxy) is 1. The van der Waals surface area contributed by atoms with Crippen LogP contribution in [0.3, 0.4) is 0 Å². The summed E-state index contributed by atoms with van der Waals surface area (Å²) in [4.78, 5) is 4.55. The summed E-state index contributed by atoms with van der Waals surface area (Å²) >= 11 is 0. The summed E-state index contributed by atoms with van der Waals surface area (Å²) in [5, 5.41) is 3.15. The smallest absolute Gasteiger partial charge is 0.214 e. The monoisotopic (exact) mass is 292 g/mol. The summed E-state index contributed by atoms with van der Waals surface area (Å²) in [6.07, 6.45) is 1.19. The molecule has 2 rings (SSSR count). The molecule has 1 aromatic carbocycles. The molecule has 106 valence electrons. The molecule has 1 N–H and O–H groups in total. The fraction of sp³-hybridized carbons (Fsp3) is 0.214. The topological polar surface area (TPSA) is 68.3 Å².